The van der Waals surface area contributed by atoms with Crippen LogP contribution in [0.1, 0.15) is 74.3 Å². The smallest absolute Gasteiger partial charge is 0.408 e. The van der Waals surface area contributed by atoms with Gasteiger partial charge in [0, 0.05) is 13.0 Å². The van der Waals surface area contributed by atoms with Gasteiger partial charge < -0.3 is 24.1 Å². The van der Waals surface area contributed by atoms with E-state index in [9.17, 15) is 14.4 Å². The maximum Gasteiger partial charge on any atom is 0.408 e. The number of hydrogen-bond acceptors (Lipinski definition) is 6. The van der Waals surface area contributed by atoms with E-state index in [0.29, 0.717) is 6.42 Å². The molecule has 0 aromatic heterocycles. The van der Waals surface area contributed by atoms with Crippen LogP contribution in [0.5, 0.6) is 0 Å². The number of nitrogens with zero attached hydrogens (tertiary/aromatic N) is 1. The van der Waals surface area contributed by atoms with Crippen molar-refractivity contribution in [2.24, 2.45) is 5.41 Å². The first-order chi connectivity index (χ1) is 17.2. The Morgan fingerprint density at radius 3 is 2.08 bits per heavy atom. The molecule has 3 atom stereocenters. The molecule has 0 saturated carbocycles. The maximum absolute atomic E-state index is 14.0. The number of nitrogens with one attached hydrogen (secondary N) is 1. The number of amides is 2. The zero-order valence-corrected chi connectivity index (χ0v) is 26.1. The molecule has 9 heteroatoms. The summed E-state index contributed by atoms with van der Waals surface area (Å²) in [5.41, 5.74) is -0.482. The molecule has 1 aromatic rings. The van der Waals surface area contributed by atoms with Gasteiger partial charge >= 0.3 is 12.1 Å². The van der Waals surface area contributed by atoms with Crippen LogP contribution in [0.4, 0.5) is 4.79 Å². The molecule has 0 bridgehead atoms. The third-order valence-corrected chi connectivity index (χ3v) is 11.6. The molecule has 2 rings (SSSR count). The van der Waals surface area contributed by atoms with Crippen molar-refractivity contribution in [3.63, 3.8) is 0 Å². The van der Waals surface area contributed by atoms with E-state index in [1.54, 1.807) is 20.8 Å². The van der Waals surface area contributed by atoms with E-state index in [1.165, 1.54) is 4.90 Å². The molecule has 1 fully saturated rings. The molecule has 1 aliphatic rings. The molecule has 1 aromatic carbocycles. The van der Waals surface area contributed by atoms with Gasteiger partial charge in [0.15, 0.2) is 8.32 Å². The largest absolute Gasteiger partial charge is 0.459 e. The molecular formula is C29H48N2O6Si. The van der Waals surface area contributed by atoms with Crippen LogP contribution in [0.25, 0.3) is 0 Å². The Bertz CT molecular complexity index is 976. The number of esters is 1. The van der Waals surface area contributed by atoms with Crippen LogP contribution in [-0.2, 0) is 30.1 Å². The highest BCUT2D eigenvalue weighted by atomic mass is 28.4. The van der Waals surface area contributed by atoms with Gasteiger partial charge in [0.2, 0.25) is 5.91 Å². The normalized spacial score (nSPS) is 19.6. The van der Waals surface area contributed by atoms with Crippen LogP contribution in [0.15, 0.2) is 30.3 Å². The Hall–Kier alpha value is -2.39. The van der Waals surface area contributed by atoms with Gasteiger partial charge in [-0.3, -0.25) is 4.79 Å². The zero-order valence-electron chi connectivity index (χ0n) is 25.1. The van der Waals surface area contributed by atoms with Crippen molar-refractivity contribution in [2.75, 3.05) is 6.54 Å². The number of alkyl carbamates (subject to hydrolysis) is 1. The second kappa shape index (κ2) is 11.8. The maximum atomic E-state index is 14.0. The van der Waals surface area contributed by atoms with Crippen molar-refractivity contribution in [1.29, 1.82) is 0 Å². The predicted octanol–water partition coefficient (Wildman–Crippen LogP) is 5.66. The predicted molar refractivity (Wildman–Crippen MR) is 151 cm³/mol. The van der Waals surface area contributed by atoms with E-state index in [-0.39, 0.29) is 30.2 Å². The molecule has 0 radical (unpaired) electrons. The number of hydrogen-bond donors (Lipinski definition) is 1. The van der Waals surface area contributed by atoms with Crippen molar-refractivity contribution in [3.8, 4) is 0 Å². The van der Waals surface area contributed by atoms with E-state index in [2.05, 4.69) is 39.2 Å². The molecule has 0 unspecified atom stereocenters. The van der Waals surface area contributed by atoms with Crippen LogP contribution >= 0.6 is 0 Å². The Morgan fingerprint density at radius 1 is 1.00 bits per heavy atom. The van der Waals surface area contributed by atoms with E-state index < -0.39 is 43.5 Å². The van der Waals surface area contributed by atoms with Gasteiger partial charge in [-0.1, -0.05) is 71.9 Å². The van der Waals surface area contributed by atoms with Crippen molar-refractivity contribution >= 4 is 26.3 Å². The fourth-order valence-electron chi connectivity index (χ4n) is 4.01. The van der Waals surface area contributed by atoms with Gasteiger partial charge in [-0.2, -0.15) is 0 Å². The lowest BCUT2D eigenvalue weighted by Crippen LogP contribution is -2.57. The summed E-state index contributed by atoms with van der Waals surface area (Å²) in [5, 5.41) is 2.73. The minimum atomic E-state index is -2.17. The topological polar surface area (TPSA) is 94.2 Å². The second-order valence-corrected chi connectivity index (χ2v) is 18.5. The van der Waals surface area contributed by atoms with Gasteiger partial charge in [-0.15, -0.1) is 0 Å². The monoisotopic (exact) mass is 548 g/mol. The lowest BCUT2D eigenvalue weighted by Gasteiger charge is -2.38. The summed E-state index contributed by atoms with van der Waals surface area (Å²) in [5.74, 6) is -0.834. The summed E-state index contributed by atoms with van der Waals surface area (Å²) in [6.45, 7) is 22.1. The molecule has 2 amide bonds. The highest BCUT2D eigenvalue weighted by Crippen LogP contribution is 2.39. The van der Waals surface area contributed by atoms with E-state index in [4.69, 9.17) is 13.9 Å². The van der Waals surface area contributed by atoms with Crippen molar-refractivity contribution in [3.05, 3.63) is 35.9 Å². The number of ether oxygens (including phenoxy) is 2. The highest BCUT2D eigenvalue weighted by Gasteiger charge is 2.49. The van der Waals surface area contributed by atoms with E-state index in [0.717, 1.165) is 5.56 Å². The third-order valence-electron chi connectivity index (χ3n) is 7.08. The van der Waals surface area contributed by atoms with E-state index in [1.807, 2.05) is 51.1 Å². The quantitative estimate of drug-likeness (QED) is 0.349. The fourth-order valence-corrected chi connectivity index (χ4v) is 5.37. The summed E-state index contributed by atoms with van der Waals surface area (Å²) in [7, 11) is -2.17. The average Bonchev–Trinajstić information content (AvgIpc) is 3.16. The Morgan fingerprint density at radius 2 is 1.58 bits per heavy atom. The first-order valence-corrected chi connectivity index (χ1v) is 16.3. The molecule has 1 N–H and O–H groups in total. The minimum absolute atomic E-state index is 0.0278. The molecule has 38 heavy (non-hydrogen) atoms. The summed E-state index contributed by atoms with van der Waals surface area (Å²) < 4.78 is 17.7. The lowest BCUT2D eigenvalue weighted by molar-refractivity contribution is -0.155. The van der Waals surface area contributed by atoms with Crippen LogP contribution in [0, 0.1) is 5.41 Å². The first kappa shape index (κ1) is 31.8. The minimum Gasteiger partial charge on any atom is -0.459 e. The van der Waals surface area contributed by atoms with Crippen LogP contribution in [-0.4, -0.2) is 61.5 Å². The molecule has 1 aliphatic heterocycles. The number of benzene rings is 1. The highest BCUT2D eigenvalue weighted by molar-refractivity contribution is 6.74. The average molecular weight is 549 g/mol. The third kappa shape index (κ3) is 8.83. The van der Waals surface area contributed by atoms with Crippen molar-refractivity contribution in [1.82, 2.24) is 10.2 Å². The van der Waals surface area contributed by atoms with Gasteiger partial charge in [0.1, 0.15) is 24.3 Å². The number of rotatable bonds is 7. The summed E-state index contributed by atoms with van der Waals surface area (Å²) in [4.78, 5) is 41.5. The summed E-state index contributed by atoms with van der Waals surface area (Å²) in [6.07, 6.45) is -0.645. The number of carbonyl (C=O) groups is 3. The lowest BCUT2D eigenvalue weighted by atomic mass is 9.85. The Kier molecular flexibility index (Phi) is 9.86. The fraction of sp³-hybridized carbons (Fsp3) is 0.690. The number of likely N-dealkylation sites (tertiary alicyclic amines) is 1. The van der Waals surface area contributed by atoms with Gasteiger partial charge in [-0.05, 0) is 49.9 Å². The molecule has 1 heterocycles. The molecule has 214 valence electrons. The molecule has 0 aliphatic carbocycles. The standard InChI is InChI=1S/C29H48N2O6Si/c1-27(2,3)23(30-26(34)36-28(4,5)6)24(32)31-18-21(37-38(10,11)29(7,8)9)17-22(31)25(33)35-19-20-15-13-12-14-16-20/h12-16,21-23H,17-19H2,1-11H3,(H,30,34)/t21-,22+,23-/m1/s1. The van der Waals surface area contributed by atoms with Gasteiger partial charge in [0.25, 0.3) is 0 Å². The zero-order chi connectivity index (χ0) is 29.1. The molecule has 8 nitrogen and oxygen atoms in total. The van der Waals surface area contributed by atoms with Crippen molar-refractivity contribution < 1.29 is 28.3 Å². The van der Waals surface area contributed by atoms with Crippen LogP contribution in [0.2, 0.25) is 18.1 Å². The van der Waals surface area contributed by atoms with Crippen molar-refractivity contribution in [2.45, 2.75) is 117 Å². The summed E-state index contributed by atoms with van der Waals surface area (Å²) in [6, 6.07) is 7.71. The van der Waals surface area contributed by atoms with Gasteiger partial charge in [0.05, 0.1) is 6.10 Å². The number of carbonyl (C=O) groups excluding carboxylic acids is 3. The second-order valence-electron chi connectivity index (χ2n) is 13.8. The van der Waals surface area contributed by atoms with Crippen LogP contribution in [0.3, 0.4) is 0 Å². The first-order valence-electron chi connectivity index (χ1n) is 13.4. The Labute approximate surface area is 229 Å². The SMILES string of the molecule is CC(C)(C)OC(=O)N[C@H](C(=O)N1C[C@H](O[Si](C)(C)C(C)(C)C)C[C@H]1C(=O)OCc1ccccc1)C(C)(C)C. The van der Waals surface area contributed by atoms with Gasteiger partial charge in [-0.25, -0.2) is 9.59 Å². The van der Waals surface area contributed by atoms with Crippen LogP contribution < -0.4 is 5.32 Å². The molecule has 0 spiro atoms. The molecule has 1 saturated heterocycles. The Balaban J connectivity index is 2.32. The molecular weight excluding hydrogens is 500 g/mol. The van der Waals surface area contributed by atoms with E-state index >= 15 is 0 Å². The summed E-state index contributed by atoms with van der Waals surface area (Å²) >= 11 is 0.